The van der Waals surface area contributed by atoms with Gasteiger partial charge < -0.3 is 19.5 Å². The molecule has 1 aliphatic heterocycles. The van der Waals surface area contributed by atoms with Crippen LogP contribution in [0, 0.1) is 0 Å². The molecule has 1 amide bonds. The topological polar surface area (TPSA) is 56.8 Å². The zero-order valence-corrected chi connectivity index (χ0v) is 15.9. The van der Waals surface area contributed by atoms with Crippen LogP contribution in [0.1, 0.15) is 36.0 Å². The predicted octanol–water partition coefficient (Wildman–Crippen LogP) is 5.77. The molecule has 1 heterocycles. The van der Waals surface area contributed by atoms with Gasteiger partial charge in [-0.15, -0.1) is 0 Å². The van der Waals surface area contributed by atoms with Crippen molar-refractivity contribution >= 4 is 11.6 Å². The Morgan fingerprint density at radius 3 is 2.41 bits per heavy atom. The largest absolute Gasteiger partial charge is 0.457 e. The Balaban J connectivity index is 1.34. The van der Waals surface area contributed by atoms with Crippen molar-refractivity contribution in [2.75, 3.05) is 5.32 Å². The van der Waals surface area contributed by atoms with E-state index in [9.17, 15) is 4.79 Å². The van der Waals surface area contributed by atoms with Gasteiger partial charge in [0, 0.05) is 24.6 Å². The van der Waals surface area contributed by atoms with Crippen LogP contribution >= 0.6 is 0 Å². The summed E-state index contributed by atoms with van der Waals surface area (Å²) in [7, 11) is 0. The van der Waals surface area contributed by atoms with Crippen LogP contribution in [0.3, 0.4) is 0 Å². The highest BCUT2D eigenvalue weighted by Crippen LogP contribution is 2.47. The third kappa shape index (κ3) is 3.51. The maximum atomic E-state index is 12.9. The Bertz CT molecular complexity index is 1040. The molecule has 0 saturated heterocycles. The van der Waals surface area contributed by atoms with E-state index in [0.717, 1.165) is 31.4 Å². The van der Waals surface area contributed by atoms with Gasteiger partial charge in [-0.25, -0.2) is 0 Å². The Morgan fingerprint density at radius 1 is 0.862 bits per heavy atom. The van der Waals surface area contributed by atoms with Gasteiger partial charge >= 0.3 is 0 Å². The van der Waals surface area contributed by atoms with Crippen LogP contribution in [0.25, 0.3) is 0 Å². The number of anilines is 1. The van der Waals surface area contributed by atoms with Gasteiger partial charge in [-0.05, 0) is 49.2 Å². The van der Waals surface area contributed by atoms with Gasteiger partial charge in [0.25, 0.3) is 11.7 Å². The van der Waals surface area contributed by atoms with Gasteiger partial charge in [-0.3, -0.25) is 4.79 Å². The second kappa shape index (κ2) is 7.17. The fourth-order valence-electron chi connectivity index (χ4n) is 3.85. The van der Waals surface area contributed by atoms with Crippen LogP contribution < -0.4 is 19.5 Å². The zero-order valence-electron chi connectivity index (χ0n) is 15.9. The van der Waals surface area contributed by atoms with Gasteiger partial charge in [0.1, 0.15) is 11.5 Å². The van der Waals surface area contributed by atoms with E-state index in [0.29, 0.717) is 28.5 Å². The highest BCUT2D eigenvalue weighted by atomic mass is 16.7. The van der Waals surface area contributed by atoms with Crippen molar-refractivity contribution < 1.29 is 19.0 Å². The van der Waals surface area contributed by atoms with Crippen LogP contribution in [-0.2, 0) is 0 Å². The number of amides is 1. The lowest BCUT2D eigenvalue weighted by atomic mass is 10.1. The van der Waals surface area contributed by atoms with Gasteiger partial charge in [-0.1, -0.05) is 30.3 Å². The Labute approximate surface area is 169 Å². The lowest BCUT2D eigenvalue weighted by Gasteiger charge is -2.21. The first-order chi connectivity index (χ1) is 14.2. The fourth-order valence-corrected chi connectivity index (χ4v) is 3.85. The molecule has 1 N–H and O–H groups in total. The predicted molar refractivity (Wildman–Crippen MR) is 110 cm³/mol. The van der Waals surface area contributed by atoms with E-state index < -0.39 is 5.79 Å². The third-order valence-corrected chi connectivity index (χ3v) is 5.26. The number of ether oxygens (including phenoxy) is 3. The highest BCUT2D eigenvalue weighted by molar-refractivity contribution is 6.06. The van der Waals surface area contributed by atoms with Gasteiger partial charge in [0.05, 0.1) is 5.56 Å². The van der Waals surface area contributed by atoms with E-state index in [2.05, 4.69) is 5.32 Å². The normalized spacial score (nSPS) is 16.0. The van der Waals surface area contributed by atoms with Gasteiger partial charge in [0.15, 0.2) is 11.5 Å². The molecule has 1 spiro atoms. The van der Waals surface area contributed by atoms with E-state index in [-0.39, 0.29) is 5.91 Å². The summed E-state index contributed by atoms with van der Waals surface area (Å²) in [5.74, 6) is 1.84. The third-order valence-electron chi connectivity index (χ3n) is 5.26. The van der Waals surface area contributed by atoms with Crippen LogP contribution in [0.5, 0.6) is 23.0 Å². The Morgan fingerprint density at radius 2 is 1.59 bits per heavy atom. The number of rotatable bonds is 4. The van der Waals surface area contributed by atoms with Crippen molar-refractivity contribution in [1.82, 2.24) is 0 Å². The van der Waals surface area contributed by atoms with Crippen LogP contribution in [-0.4, -0.2) is 11.7 Å². The number of fused-ring (bicyclic) bond motifs is 1. The Kier molecular flexibility index (Phi) is 4.35. The van der Waals surface area contributed by atoms with Crippen molar-refractivity contribution in [2.24, 2.45) is 0 Å². The molecule has 0 atom stereocenters. The molecule has 5 heteroatoms. The molecule has 0 unspecified atom stereocenters. The number of para-hydroxylation sites is 2. The molecule has 0 radical (unpaired) electrons. The molecule has 0 bridgehead atoms. The molecule has 2 aliphatic rings. The summed E-state index contributed by atoms with van der Waals surface area (Å²) in [5.41, 5.74) is 1.11. The number of benzene rings is 3. The summed E-state index contributed by atoms with van der Waals surface area (Å²) in [5, 5.41) is 2.94. The number of hydrogen-bond acceptors (Lipinski definition) is 4. The summed E-state index contributed by atoms with van der Waals surface area (Å²) < 4.78 is 18.0. The van der Waals surface area contributed by atoms with Crippen LogP contribution in [0.4, 0.5) is 5.69 Å². The monoisotopic (exact) mass is 387 g/mol. The molecular weight excluding hydrogens is 366 g/mol. The van der Waals surface area contributed by atoms with Crippen molar-refractivity contribution in [1.29, 1.82) is 0 Å². The van der Waals surface area contributed by atoms with E-state index in [1.807, 2.05) is 60.7 Å². The average Bonchev–Trinajstić information content (AvgIpc) is 3.34. The summed E-state index contributed by atoms with van der Waals surface area (Å²) in [4.78, 5) is 12.9. The van der Waals surface area contributed by atoms with Crippen molar-refractivity contribution in [3.05, 3.63) is 78.4 Å². The van der Waals surface area contributed by atoms with E-state index in [4.69, 9.17) is 14.2 Å². The maximum Gasteiger partial charge on any atom is 0.259 e. The molecule has 5 nitrogen and oxygen atoms in total. The van der Waals surface area contributed by atoms with Crippen LogP contribution in [0.15, 0.2) is 72.8 Å². The number of carbonyl (C=O) groups is 1. The second-order valence-electron chi connectivity index (χ2n) is 7.35. The lowest BCUT2D eigenvalue weighted by molar-refractivity contribution is -0.0716. The first-order valence-electron chi connectivity index (χ1n) is 9.86. The quantitative estimate of drug-likeness (QED) is 0.617. The lowest BCUT2D eigenvalue weighted by Crippen LogP contribution is -2.34. The molecule has 29 heavy (non-hydrogen) atoms. The summed E-state index contributed by atoms with van der Waals surface area (Å²) in [6, 6.07) is 22.1. The molecule has 146 valence electrons. The zero-order chi connectivity index (χ0) is 19.7. The second-order valence-corrected chi connectivity index (χ2v) is 7.35. The van der Waals surface area contributed by atoms with Crippen LogP contribution in [0.2, 0.25) is 0 Å². The first kappa shape index (κ1) is 17.6. The van der Waals surface area contributed by atoms with E-state index in [1.54, 1.807) is 12.1 Å². The SMILES string of the molecule is O=C(Nc1ccc2c(c1)OC1(CCCC1)O2)c1ccccc1Oc1ccccc1. The van der Waals surface area contributed by atoms with E-state index in [1.165, 1.54) is 0 Å². The molecule has 3 aromatic carbocycles. The molecule has 3 aromatic rings. The fraction of sp³-hybridized carbons (Fsp3) is 0.208. The minimum atomic E-state index is -0.513. The number of carbonyl (C=O) groups excluding carboxylic acids is 1. The molecule has 1 saturated carbocycles. The minimum absolute atomic E-state index is 0.244. The highest BCUT2D eigenvalue weighted by Gasteiger charge is 2.44. The van der Waals surface area contributed by atoms with Gasteiger partial charge in [0.2, 0.25) is 0 Å². The molecular formula is C24H21NO4. The number of hydrogen-bond donors (Lipinski definition) is 1. The smallest absolute Gasteiger partial charge is 0.259 e. The molecule has 5 rings (SSSR count). The van der Waals surface area contributed by atoms with E-state index >= 15 is 0 Å². The summed E-state index contributed by atoms with van der Waals surface area (Å²) in [6.45, 7) is 0. The first-order valence-corrected chi connectivity index (χ1v) is 9.86. The van der Waals surface area contributed by atoms with Gasteiger partial charge in [-0.2, -0.15) is 0 Å². The summed E-state index contributed by atoms with van der Waals surface area (Å²) in [6.07, 6.45) is 4.01. The maximum absolute atomic E-state index is 12.9. The van der Waals surface area contributed by atoms with Crippen molar-refractivity contribution in [3.63, 3.8) is 0 Å². The average molecular weight is 387 g/mol. The van der Waals surface area contributed by atoms with Crippen molar-refractivity contribution in [2.45, 2.75) is 31.5 Å². The molecule has 1 fully saturated rings. The molecule has 1 aliphatic carbocycles. The summed E-state index contributed by atoms with van der Waals surface area (Å²) >= 11 is 0. The minimum Gasteiger partial charge on any atom is -0.457 e. The molecule has 0 aromatic heterocycles. The number of nitrogens with one attached hydrogen (secondary N) is 1. The standard InChI is InChI=1S/C24H21NO4/c26-23(19-10-4-5-11-20(19)27-18-8-2-1-3-9-18)25-17-12-13-21-22(16-17)29-24(28-21)14-6-7-15-24/h1-5,8-13,16H,6-7,14-15H2,(H,25,26). The van der Waals surface area contributed by atoms with Crippen molar-refractivity contribution in [3.8, 4) is 23.0 Å². The Hall–Kier alpha value is -3.47.